The smallest absolute Gasteiger partial charge is 0.114 e. The van der Waals surface area contributed by atoms with Crippen LogP contribution in [0.5, 0.6) is 0 Å². The molecule has 2 aromatic rings. The predicted octanol–water partition coefficient (Wildman–Crippen LogP) is 4.10. The SMILES string of the molecule is NC(c1ccc(Br)c(Cl)c1)c1nc2c(s1)CCC2. The van der Waals surface area contributed by atoms with E-state index < -0.39 is 0 Å². The molecule has 2 N–H and O–H groups in total. The van der Waals surface area contributed by atoms with Gasteiger partial charge in [-0.15, -0.1) is 11.3 Å². The molecule has 1 aliphatic rings. The summed E-state index contributed by atoms with van der Waals surface area (Å²) in [5.41, 5.74) is 8.52. The van der Waals surface area contributed by atoms with Crippen molar-refractivity contribution in [3.63, 3.8) is 0 Å². The Kier molecular flexibility index (Phi) is 3.45. The first kappa shape index (κ1) is 12.6. The monoisotopic (exact) mass is 342 g/mol. The third-order valence-electron chi connectivity index (χ3n) is 3.18. The second kappa shape index (κ2) is 4.93. The van der Waals surface area contributed by atoms with Crippen LogP contribution in [0.15, 0.2) is 22.7 Å². The Morgan fingerprint density at radius 3 is 2.94 bits per heavy atom. The lowest BCUT2D eigenvalue weighted by Gasteiger charge is -2.10. The summed E-state index contributed by atoms with van der Waals surface area (Å²) >= 11 is 11.2. The molecule has 0 bridgehead atoms. The van der Waals surface area contributed by atoms with E-state index in [2.05, 4.69) is 20.9 Å². The largest absolute Gasteiger partial charge is 0.318 e. The van der Waals surface area contributed by atoms with Crippen molar-refractivity contribution in [1.82, 2.24) is 4.98 Å². The van der Waals surface area contributed by atoms with Gasteiger partial charge in [0.25, 0.3) is 0 Å². The van der Waals surface area contributed by atoms with Crippen LogP contribution in [0.4, 0.5) is 0 Å². The van der Waals surface area contributed by atoms with Gasteiger partial charge in [-0.05, 0) is 52.9 Å². The van der Waals surface area contributed by atoms with E-state index in [0.29, 0.717) is 5.02 Å². The molecular weight excluding hydrogens is 332 g/mol. The maximum Gasteiger partial charge on any atom is 0.114 e. The highest BCUT2D eigenvalue weighted by Crippen LogP contribution is 2.33. The number of aryl methyl sites for hydroxylation is 2. The molecule has 0 spiro atoms. The number of nitrogens with zero attached hydrogens (tertiary/aromatic N) is 1. The van der Waals surface area contributed by atoms with Crippen LogP contribution in [0.25, 0.3) is 0 Å². The van der Waals surface area contributed by atoms with Gasteiger partial charge in [0.1, 0.15) is 5.01 Å². The van der Waals surface area contributed by atoms with Gasteiger partial charge in [0, 0.05) is 9.35 Å². The van der Waals surface area contributed by atoms with Gasteiger partial charge in [0.15, 0.2) is 0 Å². The van der Waals surface area contributed by atoms with E-state index in [9.17, 15) is 0 Å². The summed E-state index contributed by atoms with van der Waals surface area (Å²) in [6.07, 6.45) is 3.48. The second-order valence-electron chi connectivity index (χ2n) is 4.43. The van der Waals surface area contributed by atoms with E-state index in [1.165, 1.54) is 17.0 Å². The first-order chi connectivity index (χ1) is 8.65. The molecule has 0 fully saturated rings. The molecule has 0 amide bonds. The zero-order chi connectivity index (χ0) is 12.7. The van der Waals surface area contributed by atoms with Crippen LogP contribution in [0.3, 0.4) is 0 Å². The molecule has 1 aromatic carbocycles. The van der Waals surface area contributed by atoms with Crippen molar-refractivity contribution < 1.29 is 0 Å². The fraction of sp³-hybridized carbons (Fsp3) is 0.308. The summed E-state index contributed by atoms with van der Waals surface area (Å²) in [4.78, 5) is 6.06. The van der Waals surface area contributed by atoms with E-state index in [4.69, 9.17) is 17.3 Å². The normalized spacial score (nSPS) is 15.7. The zero-order valence-corrected chi connectivity index (χ0v) is 12.8. The van der Waals surface area contributed by atoms with Crippen LogP contribution in [-0.4, -0.2) is 4.98 Å². The third-order valence-corrected chi connectivity index (χ3v) is 5.65. The molecule has 0 saturated heterocycles. The molecule has 0 aliphatic heterocycles. The van der Waals surface area contributed by atoms with Crippen molar-refractivity contribution in [2.75, 3.05) is 0 Å². The molecular formula is C13H12BrClN2S. The van der Waals surface area contributed by atoms with Gasteiger partial charge in [-0.2, -0.15) is 0 Å². The minimum absolute atomic E-state index is 0.175. The maximum absolute atomic E-state index is 6.27. The van der Waals surface area contributed by atoms with Crippen molar-refractivity contribution in [2.45, 2.75) is 25.3 Å². The van der Waals surface area contributed by atoms with Gasteiger partial charge >= 0.3 is 0 Å². The third kappa shape index (κ3) is 2.23. The molecule has 2 nitrogen and oxygen atoms in total. The number of fused-ring (bicyclic) bond motifs is 1. The van der Waals surface area contributed by atoms with Gasteiger partial charge in [-0.25, -0.2) is 4.98 Å². The minimum atomic E-state index is -0.175. The molecule has 18 heavy (non-hydrogen) atoms. The van der Waals surface area contributed by atoms with Crippen LogP contribution >= 0.6 is 38.9 Å². The second-order valence-corrected chi connectivity index (χ2v) is 6.80. The first-order valence-electron chi connectivity index (χ1n) is 5.84. The molecule has 3 rings (SSSR count). The average molecular weight is 344 g/mol. The van der Waals surface area contributed by atoms with Crippen LogP contribution in [-0.2, 0) is 12.8 Å². The first-order valence-corrected chi connectivity index (χ1v) is 7.83. The Labute approximate surface area is 123 Å². The summed E-state index contributed by atoms with van der Waals surface area (Å²) in [5.74, 6) is 0. The number of benzene rings is 1. The molecule has 1 unspecified atom stereocenters. The summed E-state index contributed by atoms with van der Waals surface area (Å²) in [7, 11) is 0. The molecule has 1 atom stereocenters. The zero-order valence-electron chi connectivity index (χ0n) is 9.62. The number of nitrogens with two attached hydrogens (primary N) is 1. The van der Waals surface area contributed by atoms with Gasteiger partial charge < -0.3 is 5.73 Å². The lowest BCUT2D eigenvalue weighted by atomic mass is 10.1. The fourth-order valence-electron chi connectivity index (χ4n) is 2.19. The van der Waals surface area contributed by atoms with Crippen molar-refractivity contribution in [1.29, 1.82) is 0 Å². The number of hydrogen-bond acceptors (Lipinski definition) is 3. The topological polar surface area (TPSA) is 38.9 Å². The molecule has 1 heterocycles. The summed E-state index contributed by atoms with van der Waals surface area (Å²) < 4.78 is 0.891. The van der Waals surface area contributed by atoms with Crippen molar-refractivity contribution >= 4 is 38.9 Å². The van der Waals surface area contributed by atoms with Crippen molar-refractivity contribution in [3.05, 3.63) is 48.8 Å². The van der Waals surface area contributed by atoms with E-state index in [0.717, 1.165) is 27.9 Å². The van der Waals surface area contributed by atoms with Gasteiger partial charge in [-0.3, -0.25) is 0 Å². The molecule has 1 aliphatic carbocycles. The molecule has 0 saturated carbocycles. The number of hydrogen-bond donors (Lipinski definition) is 1. The van der Waals surface area contributed by atoms with E-state index in [1.54, 1.807) is 11.3 Å². The highest BCUT2D eigenvalue weighted by Gasteiger charge is 2.21. The van der Waals surface area contributed by atoms with E-state index >= 15 is 0 Å². The summed E-state index contributed by atoms with van der Waals surface area (Å²) in [6.45, 7) is 0. The highest BCUT2D eigenvalue weighted by molar-refractivity contribution is 9.10. The maximum atomic E-state index is 6.27. The van der Waals surface area contributed by atoms with Crippen LogP contribution in [0, 0.1) is 0 Å². The van der Waals surface area contributed by atoms with Gasteiger partial charge in [0.05, 0.1) is 16.8 Å². The summed E-state index contributed by atoms with van der Waals surface area (Å²) in [5, 5.41) is 1.69. The fourth-order valence-corrected chi connectivity index (χ4v) is 3.81. The Hall–Kier alpha value is -0.420. The number of rotatable bonds is 2. The minimum Gasteiger partial charge on any atom is -0.318 e. The number of halogens is 2. The van der Waals surface area contributed by atoms with Crippen LogP contribution in [0.1, 0.15) is 33.6 Å². The molecule has 1 aromatic heterocycles. The van der Waals surface area contributed by atoms with Gasteiger partial charge in [0.2, 0.25) is 0 Å². The lowest BCUT2D eigenvalue weighted by molar-refractivity contribution is 0.834. The Balaban J connectivity index is 1.93. The van der Waals surface area contributed by atoms with Gasteiger partial charge in [-0.1, -0.05) is 17.7 Å². The molecule has 5 heteroatoms. The van der Waals surface area contributed by atoms with Crippen molar-refractivity contribution in [3.8, 4) is 0 Å². The number of aromatic nitrogens is 1. The Morgan fingerprint density at radius 1 is 1.39 bits per heavy atom. The predicted molar refractivity (Wildman–Crippen MR) is 79.3 cm³/mol. The van der Waals surface area contributed by atoms with Crippen LogP contribution < -0.4 is 5.73 Å². The standard InChI is InChI=1S/C13H12BrClN2S/c14-8-5-4-7(6-9(8)15)12(16)13-17-10-2-1-3-11(10)18-13/h4-6,12H,1-3,16H2. The number of thiazole rings is 1. The average Bonchev–Trinajstić information content (AvgIpc) is 2.92. The Morgan fingerprint density at radius 2 is 2.22 bits per heavy atom. The highest BCUT2D eigenvalue weighted by atomic mass is 79.9. The lowest BCUT2D eigenvalue weighted by Crippen LogP contribution is -2.11. The Bertz CT molecular complexity index is 575. The quantitative estimate of drug-likeness (QED) is 0.891. The van der Waals surface area contributed by atoms with Crippen molar-refractivity contribution in [2.24, 2.45) is 5.73 Å². The summed E-state index contributed by atoms with van der Waals surface area (Å²) in [6, 6.07) is 5.65. The van der Waals surface area contributed by atoms with E-state index in [-0.39, 0.29) is 6.04 Å². The molecule has 94 valence electrons. The van der Waals surface area contributed by atoms with E-state index in [1.807, 2.05) is 18.2 Å². The molecule has 0 radical (unpaired) electrons. The van der Waals surface area contributed by atoms with Crippen LogP contribution in [0.2, 0.25) is 5.02 Å².